The maximum atomic E-state index is 13.1. The standard InChI is InChI=1S/C22H18FN3O/c1-15-11-18(6-9-21(15)27-14-16-3-2-10-24-12-16)20-13-25-22(26-20)17-4-7-19(23)8-5-17/h2-13H,14H2,1H3,(H,25,26). The number of benzene rings is 2. The van der Waals surface area contributed by atoms with Crippen LogP contribution in [0.4, 0.5) is 4.39 Å². The number of aromatic nitrogens is 3. The molecule has 2 aromatic heterocycles. The first kappa shape index (κ1) is 17.0. The van der Waals surface area contributed by atoms with E-state index in [0.717, 1.165) is 33.7 Å². The Morgan fingerprint density at radius 3 is 2.59 bits per heavy atom. The van der Waals surface area contributed by atoms with Gasteiger partial charge in [0.15, 0.2) is 0 Å². The van der Waals surface area contributed by atoms with Crippen molar-refractivity contribution in [2.75, 3.05) is 0 Å². The zero-order valence-electron chi connectivity index (χ0n) is 14.8. The zero-order valence-corrected chi connectivity index (χ0v) is 14.8. The molecule has 0 spiro atoms. The number of halogens is 1. The number of rotatable bonds is 5. The molecule has 134 valence electrons. The second-order valence-electron chi connectivity index (χ2n) is 6.27. The highest BCUT2D eigenvalue weighted by atomic mass is 19.1. The van der Waals surface area contributed by atoms with E-state index in [1.54, 1.807) is 24.5 Å². The van der Waals surface area contributed by atoms with Crippen LogP contribution in [0.5, 0.6) is 5.75 Å². The first-order valence-electron chi connectivity index (χ1n) is 8.63. The normalized spacial score (nSPS) is 10.7. The Hall–Kier alpha value is -3.47. The van der Waals surface area contributed by atoms with Crippen LogP contribution < -0.4 is 4.74 Å². The van der Waals surface area contributed by atoms with Gasteiger partial charge in [0.25, 0.3) is 0 Å². The third-order valence-corrected chi connectivity index (χ3v) is 4.28. The Balaban J connectivity index is 1.51. The summed E-state index contributed by atoms with van der Waals surface area (Å²) in [7, 11) is 0. The van der Waals surface area contributed by atoms with Gasteiger partial charge in [-0.3, -0.25) is 4.98 Å². The molecule has 2 aromatic carbocycles. The highest BCUT2D eigenvalue weighted by Gasteiger charge is 2.09. The largest absolute Gasteiger partial charge is 0.489 e. The summed E-state index contributed by atoms with van der Waals surface area (Å²) in [5.41, 5.74) is 4.72. The van der Waals surface area contributed by atoms with E-state index in [0.29, 0.717) is 12.4 Å². The van der Waals surface area contributed by atoms with Crippen molar-refractivity contribution in [3.63, 3.8) is 0 Å². The molecule has 0 saturated carbocycles. The van der Waals surface area contributed by atoms with Crippen molar-refractivity contribution >= 4 is 0 Å². The molecule has 0 atom stereocenters. The third kappa shape index (κ3) is 3.87. The first-order chi connectivity index (χ1) is 13.2. The van der Waals surface area contributed by atoms with Crippen LogP contribution in [0.2, 0.25) is 0 Å². The average molecular weight is 359 g/mol. The highest BCUT2D eigenvalue weighted by molar-refractivity contribution is 5.66. The fourth-order valence-corrected chi connectivity index (χ4v) is 2.84. The number of imidazole rings is 1. The van der Waals surface area contributed by atoms with Gasteiger partial charge in [-0.1, -0.05) is 6.07 Å². The molecule has 0 aliphatic carbocycles. The van der Waals surface area contributed by atoms with Crippen molar-refractivity contribution < 1.29 is 9.13 Å². The average Bonchev–Trinajstić information content (AvgIpc) is 3.18. The van der Waals surface area contributed by atoms with Gasteiger partial charge in [-0.2, -0.15) is 0 Å². The number of aromatic amines is 1. The Bertz CT molecular complexity index is 1040. The van der Waals surface area contributed by atoms with E-state index in [9.17, 15) is 4.39 Å². The van der Waals surface area contributed by atoms with E-state index in [1.165, 1.54) is 12.1 Å². The maximum absolute atomic E-state index is 13.1. The second kappa shape index (κ2) is 7.41. The number of hydrogen-bond donors (Lipinski definition) is 1. The Labute approximate surface area is 156 Å². The van der Waals surface area contributed by atoms with Crippen molar-refractivity contribution in [1.82, 2.24) is 15.0 Å². The summed E-state index contributed by atoms with van der Waals surface area (Å²) in [5.74, 6) is 1.28. The lowest BCUT2D eigenvalue weighted by Crippen LogP contribution is -1.97. The third-order valence-electron chi connectivity index (χ3n) is 4.28. The maximum Gasteiger partial charge on any atom is 0.138 e. The van der Waals surface area contributed by atoms with Crippen molar-refractivity contribution in [2.45, 2.75) is 13.5 Å². The van der Waals surface area contributed by atoms with E-state index < -0.39 is 0 Å². The molecule has 0 radical (unpaired) electrons. The fourth-order valence-electron chi connectivity index (χ4n) is 2.84. The predicted octanol–water partition coefficient (Wildman–Crippen LogP) is 5.17. The number of aryl methyl sites for hydroxylation is 1. The lowest BCUT2D eigenvalue weighted by atomic mass is 10.1. The van der Waals surface area contributed by atoms with Crippen LogP contribution in [0, 0.1) is 12.7 Å². The molecule has 5 heteroatoms. The number of H-pyrrole nitrogens is 1. The summed E-state index contributed by atoms with van der Waals surface area (Å²) in [5, 5.41) is 0. The number of ether oxygens (including phenoxy) is 1. The van der Waals surface area contributed by atoms with Crippen LogP contribution >= 0.6 is 0 Å². The van der Waals surface area contributed by atoms with Gasteiger partial charge >= 0.3 is 0 Å². The van der Waals surface area contributed by atoms with Crippen molar-refractivity contribution in [1.29, 1.82) is 0 Å². The quantitative estimate of drug-likeness (QED) is 0.535. The first-order valence-corrected chi connectivity index (χ1v) is 8.63. The lowest BCUT2D eigenvalue weighted by Gasteiger charge is -2.10. The van der Waals surface area contributed by atoms with Gasteiger partial charge in [-0.05, 0) is 61.0 Å². The van der Waals surface area contributed by atoms with Crippen molar-refractivity contribution in [3.8, 4) is 28.4 Å². The molecule has 27 heavy (non-hydrogen) atoms. The van der Waals surface area contributed by atoms with Crippen LogP contribution in [-0.2, 0) is 6.61 Å². The zero-order chi connectivity index (χ0) is 18.6. The van der Waals surface area contributed by atoms with Crippen LogP contribution in [0.3, 0.4) is 0 Å². The van der Waals surface area contributed by atoms with E-state index in [1.807, 2.05) is 43.5 Å². The Morgan fingerprint density at radius 1 is 1.04 bits per heavy atom. The Morgan fingerprint density at radius 2 is 1.85 bits per heavy atom. The highest BCUT2D eigenvalue weighted by Crippen LogP contribution is 2.27. The van der Waals surface area contributed by atoms with E-state index >= 15 is 0 Å². The van der Waals surface area contributed by atoms with E-state index in [-0.39, 0.29) is 5.82 Å². The summed E-state index contributed by atoms with van der Waals surface area (Å²) in [6.45, 7) is 2.49. The number of nitrogens with zero attached hydrogens (tertiary/aromatic N) is 2. The van der Waals surface area contributed by atoms with Crippen molar-refractivity contribution in [2.24, 2.45) is 0 Å². The van der Waals surface area contributed by atoms with Crippen molar-refractivity contribution in [3.05, 3.63) is 90.1 Å². The molecule has 0 fully saturated rings. The van der Waals surface area contributed by atoms with Crippen LogP contribution in [0.25, 0.3) is 22.6 Å². The van der Waals surface area contributed by atoms with Crippen LogP contribution in [0.15, 0.2) is 73.2 Å². The fraction of sp³-hybridized carbons (Fsp3) is 0.0909. The topological polar surface area (TPSA) is 50.8 Å². The molecular formula is C22H18FN3O. The molecule has 0 saturated heterocycles. The summed E-state index contributed by atoms with van der Waals surface area (Å²) >= 11 is 0. The minimum absolute atomic E-state index is 0.261. The molecule has 1 N–H and O–H groups in total. The second-order valence-corrected chi connectivity index (χ2v) is 6.27. The number of nitrogens with one attached hydrogen (secondary N) is 1. The van der Waals surface area contributed by atoms with Gasteiger partial charge in [-0.25, -0.2) is 9.37 Å². The van der Waals surface area contributed by atoms with Crippen LogP contribution in [0.1, 0.15) is 11.1 Å². The smallest absolute Gasteiger partial charge is 0.138 e. The molecule has 4 aromatic rings. The molecular weight excluding hydrogens is 341 g/mol. The lowest BCUT2D eigenvalue weighted by molar-refractivity contribution is 0.303. The summed E-state index contributed by atoms with van der Waals surface area (Å²) in [4.78, 5) is 11.9. The molecule has 0 aliphatic heterocycles. The van der Waals surface area contributed by atoms with Gasteiger partial charge in [0.05, 0.1) is 5.69 Å². The molecule has 2 heterocycles. The monoisotopic (exact) mass is 359 g/mol. The molecule has 0 bridgehead atoms. The number of pyridine rings is 1. The molecule has 4 rings (SSSR count). The summed E-state index contributed by atoms with van der Waals surface area (Å²) in [6, 6.07) is 16.1. The van der Waals surface area contributed by atoms with Gasteiger partial charge in [0.1, 0.15) is 24.0 Å². The van der Waals surface area contributed by atoms with E-state index in [2.05, 4.69) is 15.0 Å². The van der Waals surface area contributed by atoms with Crippen LogP contribution in [-0.4, -0.2) is 15.0 Å². The summed E-state index contributed by atoms with van der Waals surface area (Å²) in [6.07, 6.45) is 5.39. The molecule has 0 unspecified atom stereocenters. The molecule has 0 aliphatic rings. The van der Waals surface area contributed by atoms with Gasteiger partial charge in [0, 0.05) is 35.3 Å². The predicted molar refractivity (Wildman–Crippen MR) is 103 cm³/mol. The summed E-state index contributed by atoms with van der Waals surface area (Å²) < 4.78 is 19.0. The SMILES string of the molecule is Cc1cc(-c2c[nH]c(-c3ccc(F)cc3)n2)ccc1OCc1cccnc1. The minimum Gasteiger partial charge on any atom is -0.489 e. The van der Waals surface area contributed by atoms with Gasteiger partial charge in [-0.15, -0.1) is 0 Å². The minimum atomic E-state index is -0.261. The number of hydrogen-bond acceptors (Lipinski definition) is 3. The van der Waals surface area contributed by atoms with Gasteiger partial charge in [0.2, 0.25) is 0 Å². The van der Waals surface area contributed by atoms with Gasteiger partial charge < -0.3 is 9.72 Å². The molecule has 0 amide bonds. The Kier molecular flexibility index (Phi) is 4.66. The van der Waals surface area contributed by atoms with E-state index in [4.69, 9.17) is 4.74 Å². The molecule has 4 nitrogen and oxygen atoms in total.